The minimum atomic E-state index is -0.650. The van der Waals surface area contributed by atoms with Gasteiger partial charge in [0.15, 0.2) is 0 Å². The molecule has 9 amide bonds. The SMILES string of the molecule is O=C(CCNC(=O)CNC(=O)CNC(=O)CNC(=O)CCCN1C(=O)CCC1=O)NCCN1C(=O)C=CC1=O. The number of imide groups is 2. The maximum atomic E-state index is 11.8. The van der Waals surface area contributed by atoms with E-state index in [9.17, 15) is 43.2 Å². The maximum absolute atomic E-state index is 11.8. The second kappa shape index (κ2) is 15.6. The van der Waals surface area contributed by atoms with Gasteiger partial charge in [-0.1, -0.05) is 0 Å². The van der Waals surface area contributed by atoms with Crippen LogP contribution >= 0.6 is 0 Å². The first-order chi connectivity index (χ1) is 18.6. The average Bonchev–Trinajstić information content (AvgIpc) is 3.39. The minimum absolute atomic E-state index is 0.00918. The van der Waals surface area contributed by atoms with E-state index in [4.69, 9.17) is 0 Å². The van der Waals surface area contributed by atoms with Crippen molar-refractivity contribution in [2.75, 3.05) is 45.8 Å². The van der Waals surface area contributed by atoms with Gasteiger partial charge in [0.2, 0.25) is 41.4 Å². The lowest BCUT2D eigenvalue weighted by Gasteiger charge is -2.14. The molecule has 16 nitrogen and oxygen atoms in total. The molecule has 0 spiro atoms. The molecule has 0 aromatic carbocycles. The largest absolute Gasteiger partial charge is 0.354 e. The standard InChI is InChI=1S/C23H31N7O9/c31-15(2-1-10-29-20(36)3-4-21(29)37)26-13-18(34)28-14-19(35)27-12-17(33)24-8-7-16(32)25-9-11-30-22(38)5-6-23(30)39/h5-6H,1-4,7-14H2,(H,24,33)(H,25,32)(H,26,31)(H,27,35)(H,28,34). The van der Waals surface area contributed by atoms with Crippen LogP contribution in [0.2, 0.25) is 0 Å². The van der Waals surface area contributed by atoms with Crippen molar-refractivity contribution in [2.45, 2.75) is 32.1 Å². The van der Waals surface area contributed by atoms with E-state index in [1.54, 1.807) is 0 Å². The van der Waals surface area contributed by atoms with Crippen LogP contribution in [-0.4, -0.2) is 109 Å². The molecule has 0 bridgehead atoms. The first-order valence-corrected chi connectivity index (χ1v) is 12.3. The fraction of sp³-hybridized carbons (Fsp3) is 0.522. The summed E-state index contributed by atoms with van der Waals surface area (Å²) in [6.45, 7) is -0.962. The summed E-state index contributed by atoms with van der Waals surface area (Å²) in [7, 11) is 0. The van der Waals surface area contributed by atoms with Gasteiger partial charge in [-0.15, -0.1) is 0 Å². The van der Waals surface area contributed by atoms with Crippen LogP contribution in [0.5, 0.6) is 0 Å². The molecule has 0 atom stereocenters. The van der Waals surface area contributed by atoms with E-state index >= 15 is 0 Å². The van der Waals surface area contributed by atoms with Gasteiger partial charge in [-0.25, -0.2) is 0 Å². The molecule has 0 aromatic heterocycles. The first kappa shape index (κ1) is 30.6. The van der Waals surface area contributed by atoms with Crippen molar-refractivity contribution in [1.82, 2.24) is 36.4 Å². The molecule has 0 saturated carbocycles. The van der Waals surface area contributed by atoms with Gasteiger partial charge in [-0.05, 0) is 6.42 Å². The molecule has 1 saturated heterocycles. The Bertz CT molecular complexity index is 1020. The van der Waals surface area contributed by atoms with Crippen LogP contribution in [0.3, 0.4) is 0 Å². The fourth-order valence-electron chi connectivity index (χ4n) is 3.44. The van der Waals surface area contributed by atoms with Gasteiger partial charge in [-0.2, -0.15) is 0 Å². The third-order valence-corrected chi connectivity index (χ3v) is 5.51. The molecule has 2 rings (SSSR count). The first-order valence-electron chi connectivity index (χ1n) is 12.3. The number of rotatable bonds is 16. The molecule has 1 fully saturated rings. The zero-order valence-electron chi connectivity index (χ0n) is 21.2. The van der Waals surface area contributed by atoms with Crippen LogP contribution < -0.4 is 26.6 Å². The van der Waals surface area contributed by atoms with Crippen LogP contribution in [0.25, 0.3) is 0 Å². The molecular formula is C23H31N7O9. The number of amides is 9. The Kier molecular flexibility index (Phi) is 12.2. The fourth-order valence-corrected chi connectivity index (χ4v) is 3.44. The van der Waals surface area contributed by atoms with Gasteiger partial charge in [0.05, 0.1) is 19.6 Å². The van der Waals surface area contributed by atoms with E-state index in [0.717, 1.165) is 22.0 Å². The third kappa shape index (κ3) is 11.1. The van der Waals surface area contributed by atoms with E-state index in [0.29, 0.717) is 0 Å². The van der Waals surface area contributed by atoms with Crippen molar-refractivity contribution >= 4 is 53.2 Å². The number of nitrogens with one attached hydrogen (secondary N) is 5. The normalized spacial score (nSPS) is 14.5. The summed E-state index contributed by atoms with van der Waals surface area (Å²) in [5.41, 5.74) is 0. The molecule has 39 heavy (non-hydrogen) atoms. The van der Waals surface area contributed by atoms with Crippen molar-refractivity contribution in [3.05, 3.63) is 12.2 Å². The van der Waals surface area contributed by atoms with E-state index in [1.807, 2.05) is 0 Å². The summed E-state index contributed by atoms with van der Waals surface area (Å²) >= 11 is 0. The molecule has 0 unspecified atom stereocenters. The van der Waals surface area contributed by atoms with Gasteiger partial charge in [0.25, 0.3) is 11.8 Å². The minimum Gasteiger partial charge on any atom is -0.354 e. The van der Waals surface area contributed by atoms with Crippen LogP contribution in [0.4, 0.5) is 0 Å². The maximum Gasteiger partial charge on any atom is 0.253 e. The lowest BCUT2D eigenvalue weighted by Crippen LogP contribution is -2.44. The summed E-state index contributed by atoms with van der Waals surface area (Å²) in [6.07, 6.45) is 2.86. The molecular weight excluding hydrogens is 518 g/mol. The van der Waals surface area contributed by atoms with E-state index in [-0.39, 0.29) is 83.2 Å². The smallest absolute Gasteiger partial charge is 0.253 e. The summed E-state index contributed by atoms with van der Waals surface area (Å²) < 4.78 is 0. The third-order valence-electron chi connectivity index (χ3n) is 5.51. The lowest BCUT2D eigenvalue weighted by atomic mass is 10.3. The number of hydrogen-bond donors (Lipinski definition) is 5. The zero-order chi connectivity index (χ0) is 28.8. The molecule has 16 heteroatoms. The average molecular weight is 550 g/mol. The molecule has 0 aliphatic carbocycles. The Morgan fingerprint density at radius 1 is 0.564 bits per heavy atom. The van der Waals surface area contributed by atoms with Crippen molar-refractivity contribution < 1.29 is 43.2 Å². The van der Waals surface area contributed by atoms with Crippen LogP contribution in [0.15, 0.2) is 12.2 Å². The van der Waals surface area contributed by atoms with E-state index in [1.165, 1.54) is 0 Å². The van der Waals surface area contributed by atoms with Crippen molar-refractivity contribution in [2.24, 2.45) is 0 Å². The van der Waals surface area contributed by atoms with Gasteiger partial charge in [0, 0.05) is 64.0 Å². The summed E-state index contributed by atoms with van der Waals surface area (Å²) in [6, 6.07) is 0. The quantitative estimate of drug-likeness (QED) is 0.118. The molecule has 0 aromatic rings. The number of nitrogens with zero attached hydrogens (tertiary/aromatic N) is 2. The van der Waals surface area contributed by atoms with E-state index < -0.39 is 47.9 Å². The monoisotopic (exact) mass is 549 g/mol. The Morgan fingerprint density at radius 2 is 1.03 bits per heavy atom. The highest BCUT2D eigenvalue weighted by Gasteiger charge is 2.28. The zero-order valence-corrected chi connectivity index (χ0v) is 21.2. The number of carbonyl (C=O) groups excluding carboxylic acids is 9. The van der Waals surface area contributed by atoms with Gasteiger partial charge in [0.1, 0.15) is 0 Å². The Morgan fingerprint density at radius 3 is 1.59 bits per heavy atom. The van der Waals surface area contributed by atoms with Crippen molar-refractivity contribution in [3.8, 4) is 0 Å². The van der Waals surface area contributed by atoms with E-state index in [2.05, 4.69) is 26.6 Å². The second-order valence-electron chi connectivity index (χ2n) is 8.48. The molecule has 2 aliphatic heterocycles. The van der Waals surface area contributed by atoms with Crippen molar-refractivity contribution in [3.63, 3.8) is 0 Å². The van der Waals surface area contributed by atoms with Crippen molar-refractivity contribution in [1.29, 1.82) is 0 Å². The Labute approximate surface area is 223 Å². The molecule has 5 N–H and O–H groups in total. The summed E-state index contributed by atoms with van der Waals surface area (Å²) in [4.78, 5) is 107. The Balaban J connectivity index is 1.45. The highest BCUT2D eigenvalue weighted by Crippen LogP contribution is 2.12. The topological polar surface area (TPSA) is 220 Å². The van der Waals surface area contributed by atoms with Gasteiger partial charge >= 0.3 is 0 Å². The van der Waals surface area contributed by atoms with Gasteiger partial charge in [-0.3, -0.25) is 53.0 Å². The summed E-state index contributed by atoms with van der Waals surface area (Å²) in [5, 5.41) is 11.9. The second-order valence-corrected chi connectivity index (χ2v) is 8.48. The molecule has 0 radical (unpaired) electrons. The molecule has 2 heterocycles. The van der Waals surface area contributed by atoms with Crippen LogP contribution in [-0.2, 0) is 43.2 Å². The number of likely N-dealkylation sites (tertiary alicyclic amines) is 1. The number of hydrogen-bond acceptors (Lipinski definition) is 9. The lowest BCUT2D eigenvalue weighted by molar-refractivity contribution is -0.139. The molecule has 212 valence electrons. The predicted octanol–water partition coefficient (Wildman–Crippen LogP) is -4.19. The number of carbonyl (C=O) groups is 9. The van der Waals surface area contributed by atoms with Crippen LogP contribution in [0.1, 0.15) is 32.1 Å². The molecule has 2 aliphatic rings. The summed E-state index contributed by atoms with van der Waals surface area (Å²) in [5.74, 6) is -4.13. The van der Waals surface area contributed by atoms with Crippen LogP contribution in [0, 0.1) is 0 Å². The van der Waals surface area contributed by atoms with Gasteiger partial charge < -0.3 is 26.6 Å². The highest BCUT2D eigenvalue weighted by molar-refractivity contribution is 6.12. The Hall–Kier alpha value is -4.63. The predicted molar refractivity (Wildman–Crippen MR) is 131 cm³/mol. The highest BCUT2D eigenvalue weighted by atomic mass is 16.2.